The van der Waals surface area contributed by atoms with Gasteiger partial charge in [-0.2, -0.15) is 0 Å². The number of nitro benzene ring substituents is 1. The molecule has 0 fully saturated rings. The Bertz CT molecular complexity index is 754. The second kappa shape index (κ2) is 6.42. The third-order valence-corrected chi connectivity index (χ3v) is 3.45. The normalized spacial score (nSPS) is 10.8. The number of hydrogen-bond donors (Lipinski definition) is 0. The van der Waals surface area contributed by atoms with Gasteiger partial charge in [-0.25, -0.2) is 4.57 Å². The van der Waals surface area contributed by atoms with E-state index in [9.17, 15) is 20.2 Å². The lowest BCUT2D eigenvalue weighted by atomic mass is 10.0. The summed E-state index contributed by atoms with van der Waals surface area (Å²) < 4.78 is 6.74. The maximum absolute atomic E-state index is 11.2. The number of benzene rings is 1. The molecular formula is C14H16N4O5. The van der Waals surface area contributed by atoms with Crippen molar-refractivity contribution < 1.29 is 14.6 Å². The van der Waals surface area contributed by atoms with Gasteiger partial charge in [-0.3, -0.25) is 10.1 Å². The van der Waals surface area contributed by atoms with Crippen molar-refractivity contribution in [2.24, 2.45) is 7.05 Å². The predicted octanol–water partition coefficient (Wildman–Crippen LogP) is 2.94. The fourth-order valence-corrected chi connectivity index (χ4v) is 2.05. The smallest absolute Gasteiger partial charge is 0.434 e. The average molecular weight is 320 g/mol. The topological polar surface area (TPSA) is 113 Å². The fraction of sp³-hybridized carbons (Fsp3) is 0.357. The third kappa shape index (κ3) is 3.44. The Hall–Kier alpha value is -2.97. The Morgan fingerprint density at radius 3 is 2.48 bits per heavy atom. The number of aromatic nitrogens is 2. The van der Waals surface area contributed by atoms with Crippen LogP contribution in [0.3, 0.4) is 0 Å². The molecule has 0 atom stereocenters. The molecule has 1 heterocycles. The van der Waals surface area contributed by atoms with Crippen LogP contribution in [0.2, 0.25) is 0 Å². The van der Waals surface area contributed by atoms with Gasteiger partial charge in [0.2, 0.25) is 0 Å². The molecule has 2 rings (SSSR count). The summed E-state index contributed by atoms with van der Waals surface area (Å²) in [5.41, 5.74) is 1.15. The number of imidazole rings is 1. The maximum Gasteiger partial charge on any atom is 0.434 e. The molecule has 1 aromatic heterocycles. The first-order valence-electron chi connectivity index (χ1n) is 6.87. The highest BCUT2D eigenvalue weighted by molar-refractivity contribution is 5.49. The van der Waals surface area contributed by atoms with E-state index in [-0.39, 0.29) is 29.9 Å². The van der Waals surface area contributed by atoms with Crippen molar-refractivity contribution in [3.8, 4) is 5.75 Å². The van der Waals surface area contributed by atoms with Crippen LogP contribution in [-0.2, 0) is 13.7 Å². The molecule has 9 nitrogen and oxygen atoms in total. The van der Waals surface area contributed by atoms with Gasteiger partial charge in [0.05, 0.1) is 12.0 Å². The zero-order chi connectivity index (χ0) is 17.1. The van der Waals surface area contributed by atoms with Gasteiger partial charge in [0.25, 0.3) is 0 Å². The zero-order valence-electron chi connectivity index (χ0n) is 12.9. The van der Waals surface area contributed by atoms with E-state index in [1.54, 1.807) is 6.07 Å². The van der Waals surface area contributed by atoms with E-state index < -0.39 is 9.85 Å². The molecule has 0 saturated carbocycles. The first-order chi connectivity index (χ1) is 10.8. The molecule has 0 radical (unpaired) electrons. The number of nitro groups is 2. The molecule has 1 aromatic carbocycles. The van der Waals surface area contributed by atoms with Crippen LogP contribution in [0.5, 0.6) is 5.75 Å². The highest BCUT2D eigenvalue weighted by atomic mass is 16.6. The molecule has 9 heteroatoms. The van der Waals surface area contributed by atoms with Crippen LogP contribution >= 0.6 is 0 Å². The van der Waals surface area contributed by atoms with Crippen molar-refractivity contribution in [1.29, 1.82) is 0 Å². The highest BCUT2D eigenvalue weighted by Crippen LogP contribution is 2.31. The number of hydrogen-bond acceptors (Lipinski definition) is 6. The fourth-order valence-electron chi connectivity index (χ4n) is 2.05. The van der Waals surface area contributed by atoms with Crippen molar-refractivity contribution in [3.63, 3.8) is 0 Å². The number of ether oxygens (including phenoxy) is 1. The molecule has 0 bridgehead atoms. The molecule has 0 amide bonds. The molecule has 0 saturated heterocycles. The molecule has 0 spiro atoms. The molecule has 0 aliphatic heterocycles. The first kappa shape index (κ1) is 16.4. The van der Waals surface area contributed by atoms with Gasteiger partial charge in [-0.1, -0.05) is 24.9 Å². The van der Waals surface area contributed by atoms with Gasteiger partial charge in [0.15, 0.2) is 11.4 Å². The van der Waals surface area contributed by atoms with E-state index in [1.165, 1.54) is 29.9 Å². The van der Waals surface area contributed by atoms with Crippen molar-refractivity contribution in [3.05, 3.63) is 55.9 Å². The van der Waals surface area contributed by atoms with Crippen molar-refractivity contribution in [2.45, 2.75) is 26.4 Å². The van der Waals surface area contributed by atoms with Crippen LogP contribution in [0.15, 0.2) is 24.4 Å². The Labute approximate surface area is 131 Å². The van der Waals surface area contributed by atoms with Crippen molar-refractivity contribution in [1.82, 2.24) is 9.55 Å². The Morgan fingerprint density at radius 2 is 1.96 bits per heavy atom. The Morgan fingerprint density at radius 1 is 1.26 bits per heavy atom. The minimum atomic E-state index is -0.608. The minimum absolute atomic E-state index is 0.0563. The standard InChI is InChI=1S/C14H16N4O5/c1-9(2)10-4-5-13(12(6-10)17(19)20)23-8-11-7-15-14(16(11)3)18(21)22/h4-7,9H,8H2,1-3H3. The van der Waals surface area contributed by atoms with Crippen LogP contribution in [0.4, 0.5) is 11.6 Å². The molecule has 0 N–H and O–H groups in total. The molecule has 0 aliphatic carbocycles. The molecule has 2 aromatic rings. The van der Waals surface area contributed by atoms with Gasteiger partial charge in [0.1, 0.15) is 12.8 Å². The van der Waals surface area contributed by atoms with Gasteiger partial charge in [-0.15, -0.1) is 0 Å². The first-order valence-corrected chi connectivity index (χ1v) is 6.87. The lowest BCUT2D eigenvalue weighted by molar-refractivity contribution is -0.396. The van der Waals surface area contributed by atoms with Gasteiger partial charge in [0, 0.05) is 6.07 Å². The van der Waals surface area contributed by atoms with Crippen LogP contribution in [0, 0.1) is 20.2 Å². The van der Waals surface area contributed by atoms with E-state index in [4.69, 9.17) is 4.74 Å². The van der Waals surface area contributed by atoms with E-state index >= 15 is 0 Å². The predicted molar refractivity (Wildman–Crippen MR) is 81.4 cm³/mol. The second-order valence-electron chi connectivity index (χ2n) is 5.29. The van der Waals surface area contributed by atoms with Crippen LogP contribution in [0.1, 0.15) is 31.0 Å². The lowest BCUT2D eigenvalue weighted by Gasteiger charge is -2.09. The highest BCUT2D eigenvalue weighted by Gasteiger charge is 2.21. The molecular weight excluding hydrogens is 304 g/mol. The monoisotopic (exact) mass is 320 g/mol. The Balaban J connectivity index is 2.23. The largest absolute Gasteiger partial charge is 0.479 e. The maximum atomic E-state index is 11.2. The summed E-state index contributed by atoms with van der Waals surface area (Å²) in [5, 5.41) is 21.9. The van der Waals surface area contributed by atoms with Gasteiger partial charge in [-0.05, 0) is 22.5 Å². The number of nitrogens with zero attached hydrogens (tertiary/aromatic N) is 4. The molecule has 122 valence electrons. The summed E-state index contributed by atoms with van der Waals surface area (Å²) >= 11 is 0. The quantitative estimate of drug-likeness (QED) is 0.597. The zero-order valence-corrected chi connectivity index (χ0v) is 12.9. The SMILES string of the molecule is CC(C)c1ccc(OCc2cnc([N+](=O)[O-])n2C)c([N+](=O)[O-])c1. The van der Waals surface area contributed by atoms with Gasteiger partial charge < -0.3 is 14.9 Å². The van der Waals surface area contributed by atoms with Crippen LogP contribution in [-0.4, -0.2) is 19.4 Å². The van der Waals surface area contributed by atoms with E-state index in [2.05, 4.69) is 4.98 Å². The Kier molecular flexibility index (Phi) is 4.58. The van der Waals surface area contributed by atoms with Crippen LogP contribution < -0.4 is 4.74 Å². The average Bonchev–Trinajstić information content (AvgIpc) is 2.85. The van der Waals surface area contributed by atoms with E-state index in [1.807, 2.05) is 13.8 Å². The van der Waals surface area contributed by atoms with E-state index in [0.717, 1.165) is 5.56 Å². The lowest BCUT2D eigenvalue weighted by Crippen LogP contribution is -2.06. The third-order valence-electron chi connectivity index (χ3n) is 3.45. The summed E-state index contributed by atoms with van der Waals surface area (Å²) in [6.45, 7) is 3.82. The number of rotatable bonds is 6. The van der Waals surface area contributed by atoms with Gasteiger partial charge >= 0.3 is 11.6 Å². The van der Waals surface area contributed by atoms with E-state index in [0.29, 0.717) is 5.69 Å². The summed E-state index contributed by atoms with van der Waals surface area (Å²) in [6, 6.07) is 4.78. The van der Waals surface area contributed by atoms with Crippen molar-refractivity contribution in [2.75, 3.05) is 0 Å². The minimum Gasteiger partial charge on any atom is -0.479 e. The molecule has 0 unspecified atom stereocenters. The van der Waals surface area contributed by atoms with Crippen LogP contribution in [0.25, 0.3) is 0 Å². The summed E-state index contributed by atoms with van der Waals surface area (Å²) in [6.07, 6.45) is 1.31. The molecule has 0 aliphatic rings. The molecule has 23 heavy (non-hydrogen) atoms. The van der Waals surface area contributed by atoms with Crippen molar-refractivity contribution >= 4 is 11.6 Å². The summed E-state index contributed by atoms with van der Waals surface area (Å²) in [5.74, 6) is -0.0426. The summed E-state index contributed by atoms with van der Waals surface area (Å²) in [7, 11) is 1.49. The summed E-state index contributed by atoms with van der Waals surface area (Å²) in [4.78, 5) is 24.5. The second-order valence-corrected chi connectivity index (χ2v) is 5.29.